The summed E-state index contributed by atoms with van der Waals surface area (Å²) in [7, 11) is 1.77. The number of piperidine rings is 1. The lowest BCUT2D eigenvalue weighted by Gasteiger charge is -2.37. The minimum absolute atomic E-state index is 0.166. The second kappa shape index (κ2) is 12.7. The van der Waals surface area contributed by atoms with Crippen molar-refractivity contribution in [3.05, 3.63) is 113 Å². The summed E-state index contributed by atoms with van der Waals surface area (Å²) in [5.41, 5.74) is 4.84. The number of benzene rings is 3. The van der Waals surface area contributed by atoms with Crippen molar-refractivity contribution in [2.75, 3.05) is 18.0 Å². The number of hydrogen-bond donors (Lipinski definition) is 1. The Labute approximate surface area is 255 Å². The van der Waals surface area contributed by atoms with Crippen LogP contribution in [0.2, 0.25) is 0 Å². The van der Waals surface area contributed by atoms with Gasteiger partial charge in [0.25, 0.3) is 0 Å². The molecule has 1 fully saturated rings. The SMILES string of the molecule is C[C@@H]1CN(c2ccc3c(c2)n(C)c(=O)n3-c2ccc(OCc3ccccc3)nc2OCc2ccccc2)CC[C@@H]1CC(=O)O. The number of rotatable bonds is 10. The molecular weight excluding hydrogens is 556 g/mol. The topological polar surface area (TPSA) is 98.8 Å². The minimum atomic E-state index is -0.745. The Hall–Kier alpha value is -5.05. The highest BCUT2D eigenvalue weighted by Crippen LogP contribution is 2.33. The van der Waals surface area contributed by atoms with Crippen LogP contribution in [0.4, 0.5) is 5.69 Å². The van der Waals surface area contributed by atoms with Gasteiger partial charge in [-0.3, -0.25) is 13.9 Å². The van der Waals surface area contributed by atoms with E-state index >= 15 is 0 Å². The number of pyridine rings is 1. The Bertz CT molecular complexity index is 1820. The van der Waals surface area contributed by atoms with Gasteiger partial charge in [-0.25, -0.2) is 4.79 Å². The Kier molecular flexibility index (Phi) is 8.36. The minimum Gasteiger partial charge on any atom is -0.481 e. The number of carboxylic acid groups (broad SMARTS) is 1. The third-order valence-corrected chi connectivity index (χ3v) is 8.43. The summed E-state index contributed by atoms with van der Waals surface area (Å²) in [6.07, 6.45) is 1.02. The highest BCUT2D eigenvalue weighted by molar-refractivity contribution is 5.82. The van der Waals surface area contributed by atoms with Gasteiger partial charge in [-0.2, -0.15) is 4.98 Å². The Morgan fingerprint density at radius 2 is 1.59 bits per heavy atom. The van der Waals surface area contributed by atoms with E-state index in [1.807, 2.05) is 84.9 Å². The van der Waals surface area contributed by atoms with Crippen molar-refractivity contribution in [1.82, 2.24) is 14.1 Å². The fourth-order valence-electron chi connectivity index (χ4n) is 5.94. The molecule has 3 aromatic carbocycles. The van der Waals surface area contributed by atoms with Gasteiger partial charge in [0.2, 0.25) is 11.8 Å². The molecule has 9 nitrogen and oxygen atoms in total. The van der Waals surface area contributed by atoms with Gasteiger partial charge in [0.15, 0.2) is 0 Å². The molecule has 1 aliphatic heterocycles. The van der Waals surface area contributed by atoms with E-state index in [2.05, 4.69) is 11.8 Å². The Morgan fingerprint density at radius 3 is 2.25 bits per heavy atom. The highest BCUT2D eigenvalue weighted by atomic mass is 16.5. The molecule has 0 aliphatic carbocycles. The Morgan fingerprint density at radius 1 is 0.909 bits per heavy atom. The summed E-state index contributed by atoms with van der Waals surface area (Å²) in [5, 5.41) is 9.27. The van der Waals surface area contributed by atoms with E-state index in [4.69, 9.17) is 14.5 Å². The third kappa shape index (κ3) is 6.17. The molecule has 9 heteroatoms. The molecule has 2 aromatic heterocycles. The number of fused-ring (bicyclic) bond motifs is 1. The first-order valence-electron chi connectivity index (χ1n) is 14.9. The van der Waals surface area contributed by atoms with E-state index < -0.39 is 5.97 Å². The van der Waals surface area contributed by atoms with Crippen LogP contribution in [0, 0.1) is 11.8 Å². The second-order valence-corrected chi connectivity index (χ2v) is 11.4. The van der Waals surface area contributed by atoms with Crippen LogP contribution in [0.3, 0.4) is 0 Å². The predicted octanol–water partition coefficient (Wildman–Crippen LogP) is 5.82. The van der Waals surface area contributed by atoms with Crippen LogP contribution < -0.4 is 20.1 Å². The molecule has 0 radical (unpaired) electrons. The molecule has 1 saturated heterocycles. The van der Waals surface area contributed by atoms with Gasteiger partial charge in [0.05, 0.1) is 11.0 Å². The molecule has 226 valence electrons. The highest BCUT2D eigenvalue weighted by Gasteiger charge is 2.28. The summed E-state index contributed by atoms with van der Waals surface area (Å²) in [6.45, 7) is 4.29. The van der Waals surface area contributed by atoms with Crippen LogP contribution in [-0.2, 0) is 25.1 Å². The molecule has 3 heterocycles. The van der Waals surface area contributed by atoms with E-state index in [0.29, 0.717) is 24.1 Å². The standard InChI is InChI=1S/C35H36N4O5/c1-24-21-38(18-17-27(24)19-33(40)41)28-13-14-29-31(20-28)37(2)35(42)39(29)30-15-16-32(43-22-25-9-5-3-6-10-25)36-34(30)44-23-26-11-7-4-8-12-26/h3-16,20,24,27H,17-19,21-23H2,1-2H3,(H,40,41)/t24-,27-/m1/s1. The first-order valence-corrected chi connectivity index (χ1v) is 14.9. The number of aromatic nitrogens is 3. The van der Waals surface area contributed by atoms with E-state index in [-0.39, 0.29) is 30.6 Å². The fourth-order valence-corrected chi connectivity index (χ4v) is 5.94. The van der Waals surface area contributed by atoms with Gasteiger partial charge in [0, 0.05) is 38.3 Å². The maximum atomic E-state index is 13.7. The molecule has 1 aliphatic rings. The van der Waals surface area contributed by atoms with Gasteiger partial charge >= 0.3 is 11.7 Å². The molecule has 1 N–H and O–H groups in total. The number of aryl methyl sites for hydroxylation is 1. The molecule has 5 aromatic rings. The van der Waals surface area contributed by atoms with Crippen LogP contribution in [-0.4, -0.2) is 38.3 Å². The first-order chi connectivity index (χ1) is 21.4. The zero-order valence-corrected chi connectivity index (χ0v) is 24.9. The first kappa shape index (κ1) is 29.0. The van der Waals surface area contributed by atoms with Gasteiger partial charge < -0.3 is 19.5 Å². The predicted molar refractivity (Wildman–Crippen MR) is 170 cm³/mol. The van der Waals surface area contributed by atoms with Crippen LogP contribution >= 0.6 is 0 Å². The zero-order chi connectivity index (χ0) is 30.6. The van der Waals surface area contributed by atoms with Crippen molar-refractivity contribution < 1.29 is 19.4 Å². The summed E-state index contributed by atoms with van der Waals surface area (Å²) in [5.74, 6) is 0.371. The largest absolute Gasteiger partial charge is 0.481 e. The van der Waals surface area contributed by atoms with Gasteiger partial charge in [-0.05, 0) is 53.6 Å². The van der Waals surface area contributed by atoms with Crippen molar-refractivity contribution in [1.29, 1.82) is 0 Å². The monoisotopic (exact) mass is 592 g/mol. The van der Waals surface area contributed by atoms with Crippen LogP contribution in [0.1, 0.15) is 30.9 Å². The molecule has 0 amide bonds. The van der Waals surface area contributed by atoms with Crippen LogP contribution in [0.15, 0.2) is 95.8 Å². The van der Waals surface area contributed by atoms with E-state index in [1.165, 1.54) is 0 Å². The van der Waals surface area contributed by atoms with E-state index in [9.17, 15) is 14.7 Å². The van der Waals surface area contributed by atoms with E-state index in [1.54, 1.807) is 22.2 Å². The van der Waals surface area contributed by atoms with Crippen LogP contribution in [0.5, 0.6) is 11.8 Å². The molecule has 0 spiro atoms. The number of carbonyl (C=O) groups is 1. The maximum Gasteiger partial charge on any atom is 0.333 e. The number of anilines is 1. The lowest BCUT2D eigenvalue weighted by Crippen LogP contribution is -2.40. The Balaban J connectivity index is 1.33. The zero-order valence-electron chi connectivity index (χ0n) is 24.9. The average molecular weight is 593 g/mol. The van der Waals surface area contributed by atoms with Crippen molar-refractivity contribution in [2.45, 2.75) is 33.0 Å². The van der Waals surface area contributed by atoms with Crippen LogP contribution in [0.25, 0.3) is 16.7 Å². The number of imidazole rings is 1. The summed E-state index contributed by atoms with van der Waals surface area (Å²) in [6, 6.07) is 29.3. The normalized spacial score (nSPS) is 16.6. The van der Waals surface area contributed by atoms with Crippen molar-refractivity contribution >= 4 is 22.7 Å². The third-order valence-electron chi connectivity index (χ3n) is 8.43. The average Bonchev–Trinajstić information content (AvgIpc) is 3.29. The summed E-state index contributed by atoms with van der Waals surface area (Å²) >= 11 is 0. The smallest absolute Gasteiger partial charge is 0.333 e. The summed E-state index contributed by atoms with van der Waals surface area (Å²) in [4.78, 5) is 32.0. The van der Waals surface area contributed by atoms with Crippen molar-refractivity contribution in [3.8, 4) is 17.4 Å². The van der Waals surface area contributed by atoms with Crippen molar-refractivity contribution in [2.24, 2.45) is 18.9 Å². The maximum absolute atomic E-state index is 13.7. The number of aliphatic carboxylic acids is 1. The second-order valence-electron chi connectivity index (χ2n) is 11.4. The molecular formula is C35H36N4O5. The number of hydrogen-bond acceptors (Lipinski definition) is 6. The van der Waals surface area contributed by atoms with Gasteiger partial charge in [-0.15, -0.1) is 0 Å². The molecule has 0 unspecified atom stereocenters. The number of nitrogens with zero attached hydrogens (tertiary/aromatic N) is 4. The molecule has 2 atom stereocenters. The number of ether oxygens (including phenoxy) is 2. The lowest BCUT2D eigenvalue weighted by atomic mass is 9.84. The number of carboxylic acids is 1. The van der Waals surface area contributed by atoms with Gasteiger partial charge in [0.1, 0.15) is 18.9 Å². The molecule has 0 bridgehead atoms. The molecule has 44 heavy (non-hydrogen) atoms. The van der Waals surface area contributed by atoms with E-state index in [0.717, 1.165) is 47.4 Å². The summed E-state index contributed by atoms with van der Waals surface area (Å²) < 4.78 is 15.5. The quantitative estimate of drug-likeness (QED) is 0.218. The molecule has 6 rings (SSSR count). The fraction of sp³-hybridized carbons (Fsp3) is 0.286. The molecule has 0 saturated carbocycles. The van der Waals surface area contributed by atoms with Crippen molar-refractivity contribution in [3.63, 3.8) is 0 Å². The lowest BCUT2D eigenvalue weighted by molar-refractivity contribution is -0.138. The van der Waals surface area contributed by atoms with Gasteiger partial charge in [-0.1, -0.05) is 67.6 Å².